The Morgan fingerprint density at radius 3 is 2.92 bits per heavy atom. The summed E-state index contributed by atoms with van der Waals surface area (Å²) >= 11 is 1.80. The maximum absolute atomic E-state index is 5.46. The minimum atomic E-state index is 0.0135. The second kappa shape index (κ2) is 2.34. The van der Waals surface area contributed by atoms with Crippen molar-refractivity contribution in [3.05, 3.63) is 35.2 Å². The van der Waals surface area contributed by atoms with E-state index < -0.39 is 0 Å². The van der Waals surface area contributed by atoms with Crippen LogP contribution in [0, 0.1) is 0 Å². The fourth-order valence-electron chi connectivity index (χ4n) is 1.65. The normalized spacial score (nSPS) is 26.5. The van der Waals surface area contributed by atoms with Gasteiger partial charge in [0.2, 0.25) is 0 Å². The molecule has 0 amide bonds. The van der Waals surface area contributed by atoms with Gasteiger partial charge in [0.25, 0.3) is 0 Å². The van der Waals surface area contributed by atoms with E-state index in [2.05, 4.69) is 36.6 Å². The molecule has 1 atom stereocenters. The van der Waals surface area contributed by atoms with Gasteiger partial charge in [-0.25, -0.2) is 0 Å². The average Bonchev–Trinajstić information content (AvgIpc) is 2.76. The molecule has 0 spiro atoms. The Morgan fingerprint density at radius 2 is 2.15 bits per heavy atom. The maximum Gasteiger partial charge on any atom is 0.115 e. The number of fused-ring (bicyclic) bond motifs is 1. The van der Waals surface area contributed by atoms with E-state index in [1.165, 1.54) is 15.6 Å². The van der Waals surface area contributed by atoms with Crippen LogP contribution in [0.25, 0.3) is 10.1 Å². The van der Waals surface area contributed by atoms with Gasteiger partial charge >= 0.3 is 0 Å². The van der Waals surface area contributed by atoms with Gasteiger partial charge < -0.3 is 4.74 Å². The molecule has 2 heterocycles. The van der Waals surface area contributed by atoms with Gasteiger partial charge in [-0.2, -0.15) is 0 Å². The third-order valence-corrected chi connectivity index (χ3v) is 3.59. The lowest BCUT2D eigenvalue weighted by atomic mass is 10.0. The SMILES string of the molecule is CC1(c2csc3ccccc23)CO1. The third-order valence-electron chi connectivity index (χ3n) is 2.63. The molecule has 1 fully saturated rings. The van der Waals surface area contributed by atoms with Gasteiger partial charge in [-0.3, -0.25) is 0 Å². The summed E-state index contributed by atoms with van der Waals surface area (Å²) in [7, 11) is 0. The van der Waals surface area contributed by atoms with Crippen molar-refractivity contribution in [1.82, 2.24) is 0 Å². The first-order valence-corrected chi connectivity index (χ1v) is 5.28. The van der Waals surface area contributed by atoms with E-state index in [9.17, 15) is 0 Å². The largest absolute Gasteiger partial charge is 0.365 e. The highest BCUT2D eigenvalue weighted by Crippen LogP contribution is 2.43. The van der Waals surface area contributed by atoms with Crippen molar-refractivity contribution in [3.63, 3.8) is 0 Å². The van der Waals surface area contributed by atoms with E-state index in [4.69, 9.17) is 4.74 Å². The highest BCUT2D eigenvalue weighted by molar-refractivity contribution is 7.17. The predicted molar refractivity (Wildman–Crippen MR) is 55.1 cm³/mol. The van der Waals surface area contributed by atoms with E-state index in [-0.39, 0.29) is 5.60 Å². The van der Waals surface area contributed by atoms with Crippen LogP contribution < -0.4 is 0 Å². The molecule has 0 bridgehead atoms. The summed E-state index contributed by atoms with van der Waals surface area (Å²) in [4.78, 5) is 0. The Morgan fingerprint density at radius 1 is 1.38 bits per heavy atom. The van der Waals surface area contributed by atoms with Gasteiger partial charge in [0.1, 0.15) is 5.60 Å². The van der Waals surface area contributed by atoms with Crippen molar-refractivity contribution >= 4 is 21.4 Å². The molecular formula is C11H10OS. The number of hydrogen-bond donors (Lipinski definition) is 0. The molecule has 1 nitrogen and oxygen atoms in total. The molecule has 2 heteroatoms. The Labute approximate surface area is 81.0 Å². The second-order valence-electron chi connectivity index (χ2n) is 3.67. The number of rotatable bonds is 1. The van der Waals surface area contributed by atoms with Gasteiger partial charge in [0.15, 0.2) is 0 Å². The van der Waals surface area contributed by atoms with Crippen molar-refractivity contribution in [3.8, 4) is 0 Å². The van der Waals surface area contributed by atoms with Gasteiger partial charge in [0, 0.05) is 10.3 Å². The maximum atomic E-state index is 5.46. The Balaban J connectivity index is 2.30. The summed E-state index contributed by atoms with van der Waals surface area (Å²) in [6.07, 6.45) is 0. The molecule has 1 aromatic heterocycles. The highest BCUT2D eigenvalue weighted by Gasteiger charge is 2.42. The first-order valence-electron chi connectivity index (χ1n) is 4.40. The first-order chi connectivity index (χ1) is 6.30. The van der Waals surface area contributed by atoms with E-state index in [1.54, 1.807) is 11.3 Å². The minimum absolute atomic E-state index is 0.0135. The molecule has 2 aromatic rings. The van der Waals surface area contributed by atoms with E-state index in [0.717, 1.165) is 6.61 Å². The molecule has 3 rings (SSSR count). The molecule has 0 radical (unpaired) electrons. The fourth-order valence-corrected chi connectivity index (χ4v) is 2.73. The van der Waals surface area contributed by atoms with Crippen LogP contribution in [0.1, 0.15) is 12.5 Å². The average molecular weight is 190 g/mol. The molecular weight excluding hydrogens is 180 g/mol. The number of hydrogen-bond acceptors (Lipinski definition) is 2. The number of epoxide rings is 1. The molecule has 1 aliphatic heterocycles. The summed E-state index contributed by atoms with van der Waals surface area (Å²) in [5.41, 5.74) is 1.37. The van der Waals surface area contributed by atoms with Gasteiger partial charge in [0.05, 0.1) is 6.61 Å². The number of ether oxygens (including phenoxy) is 1. The Hall–Kier alpha value is -0.860. The summed E-state index contributed by atoms with van der Waals surface area (Å²) in [6.45, 7) is 3.02. The van der Waals surface area contributed by atoms with Crippen LogP contribution in [0.2, 0.25) is 0 Å². The molecule has 66 valence electrons. The lowest BCUT2D eigenvalue weighted by molar-refractivity contribution is 0.331. The van der Waals surface area contributed by atoms with Gasteiger partial charge in [-0.1, -0.05) is 18.2 Å². The summed E-state index contributed by atoms with van der Waals surface area (Å²) < 4.78 is 6.81. The van der Waals surface area contributed by atoms with Crippen LogP contribution in [0.4, 0.5) is 0 Å². The van der Waals surface area contributed by atoms with Gasteiger partial charge in [-0.15, -0.1) is 11.3 Å². The molecule has 13 heavy (non-hydrogen) atoms. The van der Waals surface area contributed by atoms with Crippen LogP contribution in [-0.4, -0.2) is 6.61 Å². The molecule has 0 aliphatic carbocycles. The zero-order valence-electron chi connectivity index (χ0n) is 7.41. The molecule has 1 saturated heterocycles. The Bertz CT molecular complexity index is 454. The van der Waals surface area contributed by atoms with Crippen LogP contribution in [0.3, 0.4) is 0 Å². The molecule has 0 N–H and O–H groups in total. The smallest absolute Gasteiger partial charge is 0.115 e. The predicted octanol–water partition coefficient (Wildman–Crippen LogP) is 3.15. The summed E-state index contributed by atoms with van der Waals surface area (Å²) in [5.74, 6) is 0. The van der Waals surface area contributed by atoms with Crippen LogP contribution in [-0.2, 0) is 10.3 Å². The van der Waals surface area contributed by atoms with Crippen LogP contribution >= 0.6 is 11.3 Å². The van der Waals surface area contributed by atoms with E-state index in [0.29, 0.717) is 0 Å². The van der Waals surface area contributed by atoms with Crippen molar-refractivity contribution in [2.75, 3.05) is 6.61 Å². The van der Waals surface area contributed by atoms with Crippen molar-refractivity contribution in [2.45, 2.75) is 12.5 Å². The molecule has 1 aliphatic rings. The number of thiophene rings is 1. The zero-order chi connectivity index (χ0) is 8.89. The quantitative estimate of drug-likeness (QED) is 0.629. The Kier molecular flexibility index (Phi) is 1.35. The van der Waals surface area contributed by atoms with Gasteiger partial charge in [-0.05, 0) is 23.8 Å². The fraction of sp³-hybridized carbons (Fsp3) is 0.273. The monoisotopic (exact) mass is 190 g/mol. The van der Waals surface area contributed by atoms with Crippen LogP contribution in [0.5, 0.6) is 0 Å². The van der Waals surface area contributed by atoms with Crippen molar-refractivity contribution < 1.29 is 4.74 Å². The molecule has 0 saturated carbocycles. The highest BCUT2D eigenvalue weighted by atomic mass is 32.1. The third kappa shape index (κ3) is 1.02. The lowest BCUT2D eigenvalue weighted by Gasteiger charge is -2.01. The van der Waals surface area contributed by atoms with Crippen LogP contribution in [0.15, 0.2) is 29.6 Å². The lowest BCUT2D eigenvalue weighted by Crippen LogP contribution is -1.99. The standard InChI is InChI=1S/C11H10OS/c1-11(7-12-11)9-6-13-10-5-3-2-4-8(9)10/h2-6H,7H2,1H3. The zero-order valence-corrected chi connectivity index (χ0v) is 8.23. The van der Waals surface area contributed by atoms with E-state index >= 15 is 0 Å². The van der Waals surface area contributed by atoms with Crippen molar-refractivity contribution in [1.29, 1.82) is 0 Å². The first kappa shape index (κ1) is 7.54. The summed E-state index contributed by atoms with van der Waals surface area (Å²) in [6, 6.07) is 8.51. The second-order valence-corrected chi connectivity index (χ2v) is 4.58. The van der Waals surface area contributed by atoms with Crippen molar-refractivity contribution in [2.24, 2.45) is 0 Å². The topological polar surface area (TPSA) is 12.5 Å². The number of benzene rings is 1. The van der Waals surface area contributed by atoms with E-state index in [1.807, 2.05) is 0 Å². The summed E-state index contributed by atoms with van der Waals surface area (Å²) in [5, 5.41) is 3.57. The molecule has 1 aromatic carbocycles. The molecule has 1 unspecified atom stereocenters. The minimum Gasteiger partial charge on any atom is -0.365 e.